The van der Waals surface area contributed by atoms with Gasteiger partial charge < -0.3 is 9.72 Å². The average molecular weight is 230 g/mol. The topological polar surface area (TPSA) is 28.9 Å². The van der Waals surface area contributed by atoms with Gasteiger partial charge >= 0.3 is 0 Å². The molecule has 17 heavy (non-hydrogen) atoms. The van der Waals surface area contributed by atoms with E-state index in [9.17, 15) is 0 Å². The minimum atomic E-state index is -2.43. The van der Waals surface area contributed by atoms with Crippen LogP contribution >= 0.6 is 0 Å². The van der Waals surface area contributed by atoms with Gasteiger partial charge in [0.25, 0.3) is 0 Å². The summed E-state index contributed by atoms with van der Waals surface area (Å²) in [7, 11) is -0.439. The van der Waals surface area contributed by atoms with Crippen molar-refractivity contribution in [2.75, 3.05) is 7.04 Å². The van der Waals surface area contributed by atoms with E-state index in [1.807, 2.05) is 36.9 Å². The van der Waals surface area contributed by atoms with Crippen LogP contribution in [0.3, 0.4) is 0 Å². The van der Waals surface area contributed by atoms with Crippen molar-refractivity contribution in [3.05, 3.63) is 36.2 Å². The molecule has 0 spiro atoms. The van der Waals surface area contributed by atoms with E-state index >= 15 is 0 Å². The van der Waals surface area contributed by atoms with Crippen LogP contribution in [-0.4, -0.2) is 12.0 Å². The molecular weight excluding hydrogens is 212 g/mol. The Kier molecular flexibility index (Phi) is 1.50. The molecule has 3 nitrogen and oxygen atoms in total. The maximum Gasteiger partial charge on any atom is 0.202 e. The van der Waals surface area contributed by atoms with Crippen LogP contribution in [0.25, 0.3) is 21.8 Å². The highest BCUT2D eigenvalue weighted by molar-refractivity contribution is 6.07. The molecule has 0 bridgehead atoms. The Bertz CT molecular complexity index is 805. The summed E-state index contributed by atoms with van der Waals surface area (Å²) in [6.07, 6.45) is 2.01. The number of hydrogen-bond donors (Lipinski definition) is 1. The quantitative estimate of drug-likeness (QED) is 0.639. The Balaban J connectivity index is 2.21. The molecule has 0 atom stereocenters. The molecule has 0 aliphatic carbocycles. The molecule has 3 heteroatoms. The molecule has 1 aromatic carbocycles. The standard InChI is InChI=1S/C14H14N2O/c1-9-14-12(6-7-16(9)2)11-5-4-10(17-3)8-13(11)15-14/h4-8H,1-3H3/p+1/i3D3. The van der Waals surface area contributed by atoms with Crippen molar-refractivity contribution in [3.8, 4) is 5.75 Å². The summed E-state index contributed by atoms with van der Waals surface area (Å²) >= 11 is 0. The fourth-order valence-electron chi connectivity index (χ4n) is 2.19. The first-order valence-corrected chi connectivity index (χ1v) is 5.45. The number of aromatic nitrogens is 2. The first-order valence-electron chi connectivity index (χ1n) is 6.95. The van der Waals surface area contributed by atoms with E-state index in [0.717, 1.165) is 27.5 Å². The predicted octanol–water partition coefficient (Wildman–Crippen LogP) is 2.46. The molecule has 0 fully saturated rings. The minimum absolute atomic E-state index is 0.339. The Hall–Kier alpha value is -2.03. The van der Waals surface area contributed by atoms with Crippen LogP contribution in [0.4, 0.5) is 0 Å². The predicted molar refractivity (Wildman–Crippen MR) is 68.3 cm³/mol. The maximum absolute atomic E-state index is 7.14. The Morgan fingerprint density at radius 3 is 3.00 bits per heavy atom. The summed E-state index contributed by atoms with van der Waals surface area (Å²) in [6.45, 7) is 2.04. The lowest BCUT2D eigenvalue weighted by Crippen LogP contribution is -2.31. The Morgan fingerprint density at radius 1 is 1.29 bits per heavy atom. The zero-order valence-electron chi connectivity index (χ0n) is 12.7. The summed E-state index contributed by atoms with van der Waals surface area (Å²) in [4.78, 5) is 3.33. The number of rotatable bonds is 1. The molecule has 0 saturated carbocycles. The molecule has 86 valence electrons. The highest BCUT2D eigenvalue weighted by atomic mass is 16.5. The second-order valence-electron chi connectivity index (χ2n) is 4.24. The number of aromatic amines is 1. The highest BCUT2D eigenvalue weighted by Crippen LogP contribution is 2.28. The fraction of sp³-hybridized carbons (Fsp3) is 0.214. The first-order chi connectivity index (χ1) is 9.35. The van der Waals surface area contributed by atoms with Crippen molar-refractivity contribution < 1.29 is 13.4 Å². The van der Waals surface area contributed by atoms with Crippen molar-refractivity contribution in [2.24, 2.45) is 7.05 Å². The number of benzene rings is 1. The maximum atomic E-state index is 7.14. The monoisotopic (exact) mass is 230 g/mol. The first kappa shape index (κ1) is 7.33. The third kappa shape index (κ3) is 1.39. The van der Waals surface area contributed by atoms with E-state index in [1.54, 1.807) is 12.1 Å². The van der Waals surface area contributed by atoms with Crippen molar-refractivity contribution >= 4 is 21.8 Å². The van der Waals surface area contributed by atoms with Gasteiger partial charge in [0.05, 0.1) is 16.7 Å². The molecule has 3 rings (SSSR count). The number of methoxy groups -OCH3 is 1. The van der Waals surface area contributed by atoms with E-state index in [0.29, 0.717) is 5.75 Å². The normalized spacial score (nSPS) is 14.6. The number of fused-ring (bicyclic) bond motifs is 3. The van der Waals surface area contributed by atoms with Crippen LogP contribution in [0.2, 0.25) is 0 Å². The zero-order chi connectivity index (χ0) is 14.5. The van der Waals surface area contributed by atoms with E-state index < -0.39 is 7.04 Å². The third-order valence-electron chi connectivity index (χ3n) is 3.28. The van der Waals surface area contributed by atoms with Crippen LogP contribution in [0, 0.1) is 6.92 Å². The largest absolute Gasteiger partial charge is 0.497 e. The molecule has 0 unspecified atom stereocenters. The third-order valence-corrected chi connectivity index (χ3v) is 3.28. The lowest BCUT2D eigenvalue weighted by Gasteiger charge is -1.98. The van der Waals surface area contributed by atoms with E-state index in [1.165, 1.54) is 0 Å². The molecule has 3 aromatic rings. The van der Waals surface area contributed by atoms with Crippen molar-refractivity contribution in [3.63, 3.8) is 0 Å². The number of nitrogens with zero attached hydrogens (tertiary/aromatic N) is 1. The zero-order valence-corrected chi connectivity index (χ0v) is 9.74. The molecule has 2 heterocycles. The molecule has 0 amide bonds. The van der Waals surface area contributed by atoms with Crippen LogP contribution in [0.15, 0.2) is 30.5 Å². The molecule has 2 aromatic heterocycles. The van der Waals surface area contributed by atoms with Crippen molar-refractivity contribution in [1.82, 2.24) is 4.98 Å². The number of pyridine rings is 1. The Labute approximate surface area is 104 Å². The van der Waals surface area contributed by atoms with Crippen LogP contribution in [0.5, 0.6) is 5.75 Å². The van der Waals surface area contributed by atoms with Gasteiger partial charge in [0.2, 0.25) is 5.69 Å². The van der Waals surface area contributed by atoms with Gasteiger partial charge in [-0.3, -0.25) is 0 Å². The van der Waals surface area contributed by atoms with Gasteiger partial charge in [-0.05, 0) is 12.1 Å². The number of ether oxygens (including phenoxy) is 1. The van der Waals surface area contributed by atoms with Gasteiger partial charge in [-0.2, -0.15) is 0 Å². The van der Waals surface area contributed by atoms with Gasteiger partial charge in [0, 0.05) is 29.8 Å². The highest BCUT2D eigenvalue weighted by Gasteiger charge is 2.12. The summed E-state index contributed by atoms with van der Waals surface area (Å²) in [5.41, 5.74) is 3.05. The van der Waals surface area contributed by atoms with Gasteiger partial charge in [-0.1, -0.05) is 0 Å². The number of hydrogen-bond acceptors (Lipinski definition) is 1. The molecule has 0 aliphatic heterocycles. The number of H-pyrrole nitrogens is 1. The number of aryl methyl sites for hydroxylation is 2. The fourth-order valence-corrected chi connectivity index (χ4v) is 2.19. The van der Waals surface area contributed by atoms with Gasteiger partial charge in [0.15, 0.2) is 6.20 Å². The smallest absolute Gasteiger partial charge is 0.202 e. The summed E-state index contributed by atoms with van der Waals surface area (Å²) in [5, 5.41) is 2.18. The van der Waals surface area contributed by atoms with Gasteiger partial charge in [0.1, 0.15) is 18.3 Å². The molecule has 1 N–H and O–H groups in total. The number of nitrogens with one attached hydrogen (secondary N) is 1. The summed E-state index contributed by atoms with van der Waals surface area (Å²) in [5.74, 6) is 0.339. The molecular formula is C14H15N2O+. The van der Waals surface area contributed by atoms with E-state index in [2.05, 4.69) is 4.98 Å². The van der Waals surface area contributed by atoms with E-state index in [4.69, 9.17) is 8.85 Å². The van der Waals surface area contributed by atoms with Gasteiger partial charge in [-0.15, -0.1) is 0 Å². The summed E-state index contributed by atoms with van der Waals surface area (Å²) in [6, 6.07) is 7.34. The van der Waals surface area contributed by atoms with Crippen LogP contribution in [0.1, 0.15) is 9.81 Å². The SMILES string of the molecule is [2H]C([2H])([2H])Oc1ccc2c(c1)[nH]c1c(C)[n+](C)ccc12. The van der Waals surface area contributed by atoms with Crippen LogP contribution < -0.4 is 9.30 Å². The summed E-state index contributed by atoms with van der Waals surface area (Å²) < 4.78 is 28.4. The van der Waals surface area contributed by atoms with Crippen molar-refractivity contribution in [2.45, 2.75) is 6.92 Å². The molecule has 0 saturated heterocycles. The molecule has 0 aliphatic rings. The van der Waals surface area contributed by atoms with E-state index in [-0.39, 0.29) is 0 Å². The van der Waals surface area contributed by atoms with Gasteiger partial charge in [-0.25, -0.2) is 4.57 Å². The average Bonchev–Trinajstić information content (AvgIpc) is 2.70. The Morgan fingerprint density at radius 2 is 2.18 bits per heavy atom. The molecule has 0 radical (unpaired) electrons. The minimum Gasteiger partial charge on any atom is -0.497 e. The lowest BCUT2D eigenvalue weighted by molar-refractivity contribution is -0.676. The second-order valence-corrected chi connectivity index (χ2v) is 4.24. The lowest BCUT2D eigenvalue weighted by atomic mass is 10.1. The van der Waals surface area contributed by atoms with Crippen molar-refractivity contribution in [1.29, 1.82) is 0 Å². The van der Waals surface area contributed by atoms with Crippen LogP contribution in [-0.2, 0) is 7.05 Å². The second kappa shape index (κ2) is 3.48.